The van der Waals surface area contributed by atoms with Crippen molar-refractivity contribution >= 4 is 27.8 Å². The lowest BCUT2D eigenvalue weighted by Crippen LogP contribution is -2.00. The van der Waals surface area contributed by atoms with E-state index in [0.29, 0.717) is 0 Å². The van der Waals surface area contributed by atoms with Crippen LogP contribution < -0.4 is 0 Å². The predicted octanol–water partition coefficient (Wildman–Crippen LogP) is 6.14. The van der Waals surface area contributed by atoms with Gasteiger partial charge in [-0.3, -0.25) is 4.40 Å². The van der Waals surface area contributed by atoms with Gasteiger partial charge in [-0.15, -0.1) is 0 Å². The van der Waals surface area contributed by atoms with Gasteiger partial charge in [-0.25, -0.2) is 4.98 Å². The zero-order valence-corrected chi connectivity index (χ0v) is 16.6. The van der Waals surface area contributed by atoms with Crippen molar-refractivity contribution in [3.63, 3.8) is 0 Å². The molecule has 0 fully saturated rings. The number of hydrogen-bond acceptors (Lipinski definition) is 1. The molecule has 2 aromatic heterocycles. The summed E-state index contributed by atoms with van der Waals surface area (Å²) in [6.07, 6.45) is 0. The van der Waals surface area contributed by atoms with Crippen LogP contribution in [0.4, 0.5) is 0 Å². The van der Waals surface area contributed by atoms with Gasteiger partial charge in [0.05, 0.1) is 22.1 Å². The van der Waals surface area contributed by atoms with Crippen LogP contribution in [-0.2, 0) is 7.05 Å². The third-order valence-corrected chi connectivity index (χ3v) is 6.61. The normalized spacial score (nSPS) is 15.2. The van der Waals surface area contributed by atoms with E-state index in [1.165, 1.54) is 44.4 Å². The van der Waals surface area contributed by atoms with E-state index >= 15 is 0 Å². The number of rotatable bonds is 1. The maximum Gasteiger partial charge on any atom is 0.215 e. The van der Waals surface area contributed by atoms with Crippen molar-refractivity contribution < 1.29 is 0 Å². The minimum absolute atomic E-state index is 0.208. The summed E-state index contributed by atoms with van der Waals surface area (Å²) in [6.45, 7) is 0. The van der Waals surface area contributed by atoms with Crippen LogP contribution in [0, 0.1) is 0 Å². The van der Waals surface area contributed by atoms with Gasteiger partial charge in [-0.1, -0.05) is 72.8 Å². The molecule has 30 heavy (non-hydrogen) atoms. The van der Waals surface area contributed by atoms with Gasteiger partial charge in [0.1, 0.15) is 0 Å². The van der Waals surface area contributed by atoms with E-state index in [0.717, 1.165) is 11.3 Å². The Hall–Kier alpha value is -3.85. The quantitative estimate of drug-likeness (QED) is 0.333. The lowest BCUT2D eigenvalue weighted by atomic mass is 9.89. The van der Waals surface area contributed by atoms with Gasteiger partial charge in [0, 0.05) is 13.0 Å². The summed E-state index contributed by atoms with van der Waals surface area (Å²) in [7, 11) is 2.10. The largest absolute Gasteiger partial charge is 0.313 e. The van der Waals surface area contributed by atoms with Crippen LogP contribution in [0.3, 0.4) is 0 Å². The molecule has 0 aliphatic heterocycles. The Morgan fingerprint density at radius 3 is 2.30 bits per heavy atom. The molecule has 0 bridgehead atoms. The molecule has 1 unspecified atom stereocenters. The van der Waals surface area contributed by atoms with E-state index in [9.17, 15) is 0 Å². The third kappa shape index (κ3) is 1.87. The van der Waals surface area contributed by atoms with E-state index < -0.39 is 0 Å². The second kappa shape index (κ2) is 5.61. The van der Waals surface area contributed by atoms with Crippen molar-refractivity contribution in [2.24, 2.45) is 7.05 Å². The minimum Gasteiger partial charge on any atom is -0.313 e. The van der Waals surface area contributed by atoms with Crippen LogP contribution in [0.25, 0.3) is 39.0 Å². The summed E-state index contributed by atoms with van der Waals surface area (Å²) in [4.78, 5) is 5.05. The van der Waals surface area contributed by atoms with Crippen molar-refractivity contribution in [3.8, 4) is 11.1 Å². The maximum absolute atomic E-state index is 5.05. The molecule has 2 heterocycles. The fourth-order valence-corrected chi connectivity index (χ4v) is 5.35. The van der Waals surface area contributed by atoms with Crippen LogP contribution >= 0.6 is 0 Å². The Balaban J connectivity index is 1.70. The number of fused-ring (bicyclic) bond motifs is 9. The van der Waals surface area contributed by atoms with E-state index in [-0.39, 0.29) is 5.92 Å². The highest BCUT2D eigenvalue weighted by molar-refractivity contribution is 5.99. The smallest absolute Gasteiger partial charge is 0.215 e. The molecule has 0 saturated heterocycles. The Kier molecular flexibility index (Phi) is 2.99. The second-order valence-corrected chi connectivity index (χ2v) is 8.12. The summed E-state index contributed by atoms with van der Waals surface area (Å²) < 4.78 is 4.55. The standard InChI is InChI=1S/C27H19N3/c1-29-22-13-7-8-14-23(22)30-26-21(28-27(29)30)16-15-20-18-11-5-6-12-19(18)24(25(20)26)17-9-3-2-4-10-17/h2-16,24H,1H3. The number of imidazole rings is 2. The highest BCUT2D eigenvalue weighted by Crippen LogP contribution is 2.50. The van der Waals surface area contributed by atoms with Gasteiger partial charge >= 0.3 is 0 Å². The summed E-state index contributed by atoms with van der Waals surface area (Å²) in [5.74, 6) is 1.20. The Morgan fingerprint density at radius 1 is 0.700 bits per heavy atom. The number of nitrogens with zero attached hydrogens (tertiary/aromatic N) is 3. The summed E-state index contributed by atoms with van der Waals surface area (Å²) in [6, 6.07) is 32.7. The van der Waals surface area contributed by atoms with Gasteiger partial charge in [0.2, 0.25) is 5.78 Å². The number of para-hydroxylation sites is 2. The highest BCUT2D eigenvalue weighted by Gasteiger charge is 2.33. The molecule has 3 heteroatoms. The number of benzene rings is 4. The topological polar surface area (TPSA) is 22.2 Å². The molecule has 0 spiro atoms. The number of aryl methyl sites for hydroxylation is 1. The van der Waals surface area contributed by atoms with E-state index in [2.05, 4.69) is 107 Å². The predicted molar refractivity (Wildman–Crippen MR) is 122 cm³/mol. The fourth-order valence-electron chi connectivity index (χ4n) is 5.35. The summed E-state index contributed by atoms with van der Waals surface area (Å²) in [5.41, 5.74) is 11.4. The molecule has 7 rings (SSSR count). The zero-order valence-electron chi connectivity index (χ0n) is 16.6. The molecule has 3 nitrogen and oxygen atoms in total. The lowest BCUT2D eigenvalue weighted by Gasteiger charge is -2.15. The molecule has 4 aromatic carbocycles. The Morgan fingerprint density at radius 2 is 1.43 bits per heavy atom. The van der Waals surface area contributed by atoms with Crippen LogP contribution in [0.5, 0.6) is 0 Å². The minimum atomic E-state index is 0.208. The van der Waals surface area contributed by atoms with Crippen molar-refractivity contribution in [2.45, 2.75) is 5.92 Å². The average molecular weight is 385 g/mol. The molecule has 142 valence electrons. The monoisotopic (exact) mass is 385 g/mol. The van der Waals surface area contributed by atoms with Crippen LogP contribution in [0.1, 0.15) is 22.6 Å². The van der Waals surface area contributed by atoms with Gasteiger partial charge in [0.15, 0.2) is 0 Å². The lowest BCUT2D eigenvalue weighted by molar-refractivity contribution is 0.971. The number of hydrogen-bond donors (Lipinski definition) is 0. The first-order valence-corrected chi connectivity index (χ1v) is 10.4. The molecule has 1 atom stereocenters. The molecule has 0 saturated carbocycles. The molecule has 1 aliphatic rings. The average Bonchev–Trinajstić information content (AvgIpc) is 3.43. The molecule has 6 aromatic rings. The Bertz CT molecular complexity index is 1600. The molecular formula is C27H19N3. The Labute approximate surface area is 173 Å². The summed E-state index contributed by atoms with van der Waals surface area (Å²) >= 11 is 0. The van der Waals surface area contributed by atoms with E-state index in [1.807, 2.05) is 0 Å². The third-order valence-electron chi connectivity index (χ3n) is 6.61. The molecular weight excluding hydrogens is 366 g/mol. The van der Waals surface area contributed by atoms with Gasteiger partial charge in [-0.05, 0) is 46.0 Å². The molecule has 0 amide bonds. The van der Waals surface area contributed by atoms with Crippen LogP contribution in [-0.4, -0.2) is 14.0 Å². The molecule has 0 N–H and O–H groups in total. The zero-order chi connectivity index (χ0) is 19.8. The van der Waals surface area contributed by atoms with Crippen molar-refractivity contribution in [3.05, 3.63) is 108 Å². The van der Waals surface area contributed by atoms with E-state index in [1.54, 1.807) is 0 Å². The highest BCUT2D eigenvalue weighted by atomic mass is 15.2. The van der Waals surface area contributed by atoms with Crippen LogP contribution in [0.15, 0.2) is 91.0 Å². The molecule has 1 aliphatic carbocycles. The first kappa shape index (κ1) is 16.0. The first-order valence-electron chi connectivity index (χ1n) is 10.4. The van der Waals surface area contributed by atoms with Gasteiger partial charge < -0.3 is 4.57 Å². The fraction of sp³-hybridized carbons (Fsp3) is 0.0741. The van der Waals surface area contributed by atoms with Crippen molar-refractivity contribution in [1.82, 2.24) is 14.0 Å². The maximum atomic E-state index is 5.05. The van der Waals surface area contributed by atoms with Crippen LogP contribution in [0.2, 0.25) is 0 Å². The van der Waals surface area contributed by atoms with Crippen molar-refractivity contribution in [2.75, 3.05) is 0 Å². The van der Waals surface area contributed by atoms with Crippen molar-refractivity contribution in [1.29, 1.82) is 0 Å². The van der Waals surface area contributed by atoms with Gasteiger partial charge in [0.25, 0.3) is 0 Å². The van der Waals surface area contributed by atoms with E-state index in [4.69, 9.17) is 4.98 Å². The molecule has 0 radical (unpaired) electrons. The van der Waals surface area contributed by atoms with Gasteiger partial charge in [-0.2, -0.15) is 0 Å². The number of aromatic nitrogens is 3. The first-order chi connectivity index (χ1) is 14.8. The SMILES string of the molecule is Cn1c2ccccc2n2c3c4c(ccc3nc12)-c1ccccc1C4c1ccccc1. The summed E-state index contributed by atoms with van der Waals surface area (Å²) in [5, 5.41) is 0. The second-order valence-electron chi connectivity index (χ2n) is 8.12.